The average molecular weight is 333 g/mol. The van der Waals surface area contributed by atoms with Crippen LogP contribution in [-0.2, 0) is 6.18 Å². The van der Waals surface area contributed by atoms with Crippen LogP contribution in [0.1, 0.15) is 42.9 Å². The molecule has 1 aliphatic rings. The molecule has 22 heavy (non-hydrogen) atoms. The molecule has 0 saturated heterocycles. The zero-order valence-corrected chi connectivity index (χ0v) is 12.4. The summed E-state index contributed by atoms with van der Waals surface area (Å²) in [6.07, 6.45) is -3.68. The molecular weight excluding hydrogens is 317 g/mol. The average Bonchev–Trinajstić information content (AvgIpc) is 2.45. The van der Waals surface area contributed by atoms with E-state index in [1.54, 1.807) is 0 Å². The van der Waals surface area contributed by atoms with Gasteiger partial charge < -0.3 is 16.2 Å². The van der Waals surface area contributed by atoms with Gasteiger partial charge in [-0.1, -0.05) is 17.7 Å². The van der Waals surface area contributed by atoms with Gasteiger partial charge in [0.25, 0.3) is 0 Å². The molecule has 0 amide bonds. The fraction of sp³-hybridized carbons (Fsp3) is 0.400. The molecule has 1 atom stereocenters. The molecule has 0 aliphatic heterocycles. The molecule has 1 aliphatic carbocycles. The van der Waals surface area contributed by atoms with Gasteiger partial charge in [-0.05, 0) is 43.4 Å². The first-order valence-electron chi connectivity index (χ1n) is 6.83. The van der Waals surface area contributed by atoms with Crippen molar-refractivity contribution in [3.63, 3.8) is 0 Å². The predicted molar refractivity (Wildman–Crippen MR) is 78.8 cm³/mol. The summed E-state index contributed by atoms with van der Waals surface area (Å²) in [7, 11) is 0. The van der Waals surface area contributed by atoms with Crippen LogP contribution in [0.5, 0.6) is 0 Å². The Balaban J connectivity index is 2.46. The minimum Gasteiger partial charge on any atom is -0.402 e. The maximum atomic E-state index is 13.1. The van der Waals surface area contributed by atoms with Crippen molar-refractivity contribution in [3.8, 4) is 0 Å². The van der Waals surface area contributed by atoms with Crippen LogP contribution in [0.3, 0.4) is 0 Å². The van der Waals surface area contributed by atoms with Gasteiger partial charge in [-0.15, -0.1) is 0 Å². The van der Waals surface area contributed by atoms with E-state index in [4.69, 9.17) is 22.7 Å². The number of alkyl halides is 3. The van der Waals surface area contributed by atoms with E-state index in [9.17, 15) is 18.3 Å². The van der Waals surface area contributed by atoms with Gasteiger partial charge in [-0.25, -0.2) is 0 Å². The van der Waals surface area contributed by atoms with Crippen molar-refractivity contribution in [3.05, 3.63) is 45.6 Å². The summed E-state index contributed by atoms with van der Waals surface area (Å²) < 4.78 is 39.3. The fourth-order valence-electron chi connectivity index (χ4n) is 2.61. The highest BCUT2D eigenvalue weighted by atomic mass is 35.5. The van der Waals surface area contributed by atoms with E-state index in [1.165, 1.54) is 12.1 Å². The van der Waals surface area contributed by atoms with Crippen LogP contribution >= 0.6 is 11.6 Å². The number of allylic oxidation sites excluding steroid dienone is 1. The largest absolute Gasteiger partial charge is 0.416 e. The quantitative estimate of drug-likeness (QED) is 0.726. The van der Waals surface area contributed by atoms with Gasteiger partial charge in [0.15, 0.2) is 0 Å². The summed E-state index contributed by atoms with van der Waals surface area (Å²) >= 11 is 5.85. The number of hydrogen-bond donors (Lipinski definition) is 3. The molecule has 120 valence electrons. The lowest BCUT2D eigenvalue weighted by Crippen LogP contribution is -2.23. The topological polar surface area (TPSA) is 70.1 Å². The van der Waals surface area contributed by atoms with Crippen LogP contribution in [0.15, 0.2) is 29.5 Å². The zero-order valence-electron chi connectivity index (χ0n) is 11.7. The summed E-state index contributed by atoms with van der Waals surface area (Å²) in [5.41, 5.74) is 4.87. The molecule has 0 aromatic heterocycles. The number of aliphatic hydroxyl groups is 1. The van der Waals surface area contributed by atoms with Crippen LogP contribution in [0, 0.1) is 5.41 Å². The van der Waals surface area contributed by atoms with Crippen molar-refractivity contribution in [2.75, 3.05) is 0 Å². The van der Waals surface area contributed by atoms with E-state index < -0.39 is 23.4 Å². The number of halogens is 4. The van der Waals surface area contributed by atoms with Gasteiger partial charge in [0.05, 0.1) is 11.3 Å². The third-order valence-corrected chi connectivity index (χ3v) is 4.07. The molecule has 3 nitrogen and oxygen atoms in total. The zero-order chi connectivity index (χ0) is 16.5. The molecule has 0 saturated carbocycles. The smallest absolute Gasteiger partial charge is 0.402 e. The lowest BCUT2D eigenvalue weighted by atomic mass is 9.88. The first kappa shape index (κ1) is 16.8. The van der Waals surface area contributed by atoms with Crippen molar-refractivity contribution in [2.45, 2.75) is 38.0 Å². The first-order chi connectivity index (χ1) is 10.2. The van der Waals surface area contributed by atoms with Crippen molar-refractivity contribution < 1.29 is 18.3 Å². The van der Waals surface area contributed by atoms with Crippen molar-refractivity contribution >= 4 is 17.3 Å². The second kappa shape index (κ2) is 6.30. The molecule has 0 heterocycles. The highest BCUT2D eigenvalue weighted by Crippen LogP contribution is 2.39. The summed E-state index contributed by atoms with van der Waals surface area (Å²) in [6, 6.07) is 3.27. The Kier molecular flexibility index (Phi) is 4.82. The normalized spacial score (nSPS) is 17.5. The Morgan fingerprint density at radius 3 is 2.50 bits per heavy atom. The van der Waals surface area contributed by atoms with Crippen LogP contribution in [0.4, 0.5) is 13.2 Å². The van der Waals surface area contributed by atoms with Crippen molar-refractivity contribution in [2.24, 2.45) is 5.73 Å². The summed E-state index contributed by atoms with van der Waals surface area (Å²) in [5, 5.41) is 18.1. The second-order valence-corrected chi connectivity index (χ2v) is 5.63. The number of rotatable bonds is 3. The number of hydrogen-bond acceptors (Lipinski definition) is 3. The third kappa shape index (κ3) is 3.28. The fourth-order valence-corrected chi connectivity index (χ4v) is 2.89. The summed E-state index contributed by atoms with van der Waals surface area (Å²) in [5.74, 6) is 0. The Morgan fingerprint density at radius 2 is 1.91 bits per heavy atom. The number of nitrogens with two attached hydrogens (primary N) is 1. The Morgan fingerprint density at radius 1 is 1.27 bits per heavy atom. The van der Waals surface area contributed by atoms with E-state index in [2.05, 4.69) is 0 Å². The maximum Gasteiger partial charge on any atom is 0.416 e. The molecule has 0 radical (unpaired) electrons. The van der Waals surface area contributed by atoms with Gasteiger partial charge in [0.2, 0.25) is 0 Å². The van der Waals surface area contributed by atoms with E-state index in [0.717, 1.165) is 18.9 Å². The lowest BCUT2D eigenvalue weighted by Gasteiger charge is -2.24. The van der Waals surface area contributed by atoms with Gasteiger partial charge >= 0.3 is 6.18 Å². The van der Waals surface area contributed by atoms with E-state index in [-0.39, 0.29) is 10.7 Å². The number of nitrogens with one attached hydrogen (secondary N) is 1. The Labute approximate surface area is 131 Å². The van der Waals surface area contributed by atoms with Crippen LogP contribution in [0.2, 0.25) is 5.02 Å². The van der Waals surface area contributed by atoms with E-state index >= 15 is 0 Å². The van der Waals surface area contributed by atoms with Gasteiger partial charge in [-0.3, -0.25) is 0 Å². The van der Waals surface area contributed by atoms with Gasteiger partial charge in [0, 0.05) is 16.3 Å². The van der Waals surface area contributed by atoms with E-state index in [0.29, 0.717) is 24.1 Å². The molecule has 1 unspecified atom stereocenters. The van der Waals surface area contributed by atoms with Crippen molar-refractivity contribution in [1.29, 1.82) is 5.41 Å². The summed E-state index contributed by atoms with van der Waals surface area (Å²) in [6.45, 7) is 0. The molecule has 2 rings (SSSR count). The molecule has 0 fully saturated rings. The molecule has 1 aromatic carbocycles. The highest BCUT2D eigenvalue weighted by Gasteiger charge is 2.37. The summed E-state index contributed by atoms with van der Waals surface area (Å²) in [4.78, 5) is 0. The SMILES string of the molecule is N=C(C1=C(N)CCCC1)C(O)c1c(Cl)cccc1C(F)(F)F. The molecule has 0 bridgehead atoms. The van der Waals surface area contributed by atoms with Crippen LogP contribution < -0.4 is 5.73 Å². The third-order valence-electron chi connectivity index (χ3n) is 3.74. The maximum absolute atomic E-state index is 13.1. The predicted octanol–water partition coefficient (Wildman–Crippen LogP) is 4.20. The number of benzene rings is 1. The number of aliphatic hydroxyl groups excluding tert-OH is 1. The van der Waals surface area contributed by atoms with Crippen LogP contribution in [-0.4, -0.2) is 10.8 Å². The molecule has 0 spiro atoms. The molecule has 1 aromatic rings. The Bertz CT molecular complexity index is 626. The molecule has 4 N–H and O–H groups in total. The van der Waals surface area contributed by atoms with E-state index in [1.807, 2.05) is 0 Å². The first-order valence-corrected chi connectivity index (χ1v) is 7.21. The monoisotopic (exact) mass is 332 g/mol. The standard InChI is InChI=1S/C15H16ClF3N2O/c16-10-6-3-5-9(15(17,18)19)12(10)14(22)13(21)8-4-1-2-7-11(8)20/h3,5-6,14,21-22H,1-2,4,7,20H2. The van der Waals surface area contributed by atoms with Crippen LogP contribution in [0.25, 0.3) is 0 Å². The Hall–Kier alpha value is -1.53. The minimum absolute atomic E-state index is 0.220. The van der Waals surface area contributed by atoms with Gasteiger partial charge in [-0.2, -0.15) is 13.2 Å². The van der Waals surface area contributed by atoms with Crippen molar-refractivity contribution in [1.82, 2.24) is 0 Å². The molecular formula is C15H16ClF3N2O. The second-order valence-electron chi connectivity index (χ2n) is 5.23. The minimum atomic E-state index is -4.66. The highest BCUT2D eigenvalue weighted by molar-refractivity contribution is 6.32. The molecule has 7 heteroatoms. The lowest BCUT2D eigenvalue weighted by molar-refractivity contribution is -0.138. The van der Waals surface area contributed by atoms with Gasteiger partial charge in [0.1, 0.15) is 6.10 Å².